The summed E-state index contributed by atoms with van der Waals surface area (Å²) in [5.74, 6) is 2.28. The Labute approximate surface area is 219 Å². The Bertz CT molecular complexity index is 1560. The number of aryl methyl sites for hydroxylation is 1. The molecule has 0 N–H and O–H groups in total. The molecule has 4 heterocycles. The van der Waals surface area contributed by atoms with Crippen molar-refractivity contribution in [3.8, 4) is 23.0 Å². The minimum absolute atomic E-state index is 0.401. The van der Waals surface area contributed by atoms with Gasteiger partial charge in [-0.05, 0) is 61.7 Å². The molecule has 0 bridgehead atoms. The highest BCUT2D eigenvalue weighted by Gasteiger charge is 2.17. The van der Waals surface area contributed by atoms with Crippen LogP contribution in [0.1, 0.15) is 35.9 Å². The van der Waals surface area contributed by atoms with E-state index in [2.05, 4.69) is 46.2 Å². The lowest BCUT2D eigenvalue weighted by molar-refractivity contribution is 0.302. The van der Waals surface area contributed by atoms with Crippen molar-refractivity contribution in [2.45, 2.75) is 33.3 Å². The lowest BCUT2D eigenvalue weighted by Crippen LogP contribution is -2.29. The standard InChI is InChI=1S/C29H30N4O3S/c1-4-10-32-11-8-20(9-12-32)21-6-5-7-23(13-21)35-18-22-14-24(34-3)15-27-25(22)16-28(36-27)26-17-33-29(30-26)37-19(2)31-33/h5-8,13-17H,4,9-12,18H2,1-3H3. The van der Waals surface area contributed by atoms with Crippen molar-refractivity contribution in [2.24, 2.45) is 0 Å². The summed E-state index contributed by atoms with van der Waals surface area (Å²) in [4.78, 5) is 8.04. The molecule has 0 saturated heterocycles. The SMILES string of the molecule is CCCN1CC=C(c2cccc(OCc3cc(OC)cc4oc(-c5cn6nc(C)sc6n5)cc34)c2)CC1. The summed E-state index contributed by atoms with van der Waals surface area (Å²) in [5, 5.41) is 6.42. The Morgan fingerprint density at radius 3 is 2.84 bits per heavy atom. The Hall–Kier alpha value is -3.62. The van der Waals surface area contributed by atoms with Crippen LogP contribution in [0, 0.1) is 6.92 Å². The molecule has 1 aliphatic heterocycles. The molecule has 0 unspecified atom stereocenters. The predicted octanol–water partition coefficient (Wildman–Crippen LogP) is 6.60. The van der Waals surface area contributed by atoms with Gasteiger partial charge in [-0.1, -0.05) is 36.5 Å². The molecule has 0 aliphatic carbocycles. The van der Waals surface area contributed by atoms with Gasteiger partial charge in [-0.2, -0.15) is 5.10 Å². The molecule has 0 fully saturated rings. The van der Waals surface area contributed by atoms with Crippen molar-refractivity contribution in [3.05, 3.63) is 70.9 Å². The summed E-state index contributed by atoms with van der Waals surface area (Å²) in [7, 11) is 1.66. The van der Waals surface area contributed by atoms with E-state index in [0.29, 0.717) is 12.4 Å². The van der Waals surface area contributed by atoms with Crippen molar-refractivity contribution in [3.63, 3.8) is 0 Å². The number of imidazole rings is 1. The van der Waals surface area contributed by atoms with Crippen LogP contribution in [0.5, 0.6) is 11.5 Å². The Kier molecular flexibility index (Phi) is 6.44. The van der Waals surface area contributed by atoms with Gasteiger partial charge in [0, 0.05) is 30.1 Å². The number of methoxy groups -OCH3 is 1. The molecule has 0 radical (unpaired) electrons. The van der Waals surface area contributed by atoms with Gasteiger partial charge in [-0.3, -0.25) is 4.90 Å². The molecule has 0 saturated carbocycles. The van der Waals surface area contributed by atoms with Crippen LogP contribution < -0.4 is 9.47 Å². The van der Waals surface area contributed by atoms with Gasteiger partial charge in [0.1, 0.15) is 34.4 Å². The van der Waals surface area contributed by atoms with Gasteiger partial charge >= 0.3 is 0 Å². The van der Waals surface area contributed by atoms with Gasteiger partial charge in [-0.25, -0.2) is 9.50 Å². The predicted molar refractivity (Wildman–Crippen MR) is 147 cm³/mol. The molecule has 8 heteroatoms. The van der Waals surface area contributed by atoms with Gasteiger partial charge in [0.15, 0.2) is 5.76 Å². The van der Waals surface area contributed by atoms with Crippen molar-refractivity contribution >= 4 is 32.8 Å². The van der Waals surface area contributed by atoms with Gasteiger partial charge < -0.3 is 13.9 Å². The number of nitrogens with zero attached hydrogens (tertiary/aromatic N) is 4. The first-order valence-corrected chi connectivity index (χ1v) is 13.5. The lowest BCUT2D eigenvalue weighted by atomic mass is 9.99. The maximum absolute atomic E-state index is 6.29. The van der Waals surface area contributed by atoms with Crippen molar-refractivity contribution < 1.29 is 13.9 Å². The number of fused-ring (bicyclic) bond motifs is 2. The molecule has 0 amide bonds. The second-order valence-electron chi connectivity index (χ2n) is 9.38. The first-order chi connectivity index (χ1) is 18.1. The number of ether oxygens (including phenoxy) is 2. The summed E-state index contributed by atoms with van der Waals surface area (Å²) < 4.78 is 19.8. The zero-order chi connectivity index (χ0) is 25.4. The number of aromatic nitrogens is 3. The average Bonchev–Trinajstić information content (AvgIpc) is 3.60. The van der Waals surface area contributed by atoms with E-state index in [-0.39, 0.29) is 0 Å². The molecular weight excluding hydrogens is 484 g/mol. The molecule has 7 nitrogen and oxygen atoms in total. The van der Waals surface area contributed by atoms with Crippen LogP contribution in [0.25, 0.3) is 33.0 Å². The van der Waals surface area contributed by atoms with Crippen molar-refractivity contribution in [2.75, 3.05) is 26.7 Å². The zero-order valence-corrected chi connectivity index (χ0v) is 22.2. The van der Waals surface area contributed by atoms with Crippen LogP contribution in [-0.2, 0) is 6.61 Å². The smallest absolute Gasteiger partial charge is 0.212 e. The topological polar surface area (TPSA) is 65.0 Å². The highest BCUT2D eigenvalue weighted by molar-refractivity contribution is 7.16. The maximum Gasteiger partial charge on any atom is 0.212 e. The minimum atomic E-state index is 0.401. The first kappa shape index (κ1) is 23.8. The summed E-state index contributed by atoms with van der Waals surface area (Å²) >= 11 is 1.56. The highest BCUT2D eigenvalue weighted by atomic mass is 32.1. The third kappa shape index (κ3) is 4.86. The minimum Gasteiger partial charge on any atom is -0.497 e. The van der Waals surface area contributed by atoms with E-state index >= 15 is 0 Å². The van der Waals surface area contributed by atoms with E-state index in [4.69, 9.17) is 13.9 Å². The van der Waals surface area contributed by atoms with E-state index in [9.17, 15) is 0 Å². The number of rotatable bonds is 8. The second kappa shape index (κ2) is 10.0. The maximum atomic E-state index is 6.29. The van der Waals surface area contributed by atoms with Crippen LogP contribution in [0.15, 0.2) is 59.2 Å². The van der Waals surface area contributed by atoms with Crippen LogP contribution >= 0.6 is 11.3 Å². The molecule has 0 atom stereocenters. The molecule has 2 aromatic carbocycles. The van der Waals surface area contributed by atoms with Crippen LogP contribution in [0.3, 0.4) is 0 Å². The van der Waals surface area contributed by atoms with Gasteiger partial charge in [0.05, 0.1) is 13.3 Å². The average molecular weight is 515 g/mol. The van der Waals surface area contributed by atoms with Crippen molar-refractivity contribution in [1.82, 2.24) is 19.5 Å². The summed E-state index contributed by atoms with van der Waals surface area (Å²) in [6, 6.07) is 14.3. The molecule has 0 spiro atoms. The zero-order valence-electron chi connectivity index (χ0n) is 21.4. The quantitative estimate of drug-likeness (QED) is 0.232. The molecular formula is C29H30N4O3S. The van der Waals surface area contributed by atoms with E-state index in [1.54, 1.807) is 23.0 Å². The van der Waals surface area contributed by atoms with Crippen molar-refractivity contribution in [1.29, 1.82) is 0 Å². The van der Waals surface area contributed by atoms with Gasteiger partial charge in [-0.15, -0.1) is 0 Å². The van der Waals surface area contributed by atoms with E-state index in [1.165, 1.54) is 17.6 Å². The van der Waals surface area contributed by atoms with Crippen LogP contribution in [0.4, 0.5) is 0 Å². The number of benzene rings is 2. The third-order valence-corrected chi connectivity index (χ3v) is 7.60. The lowest BCUT2D eigenvalue weighted by Gasteiger charge is -2.26. The summed E-state index contributed by atoms with van der Waals surface area (Å²) in [6.07, 6.45) is 6.52. The van der Waals surface area contributed by atoms with Gasteiger partial charge in [0.2, 0.25) is 4.96 Å². The molecule has 190 valence electrons. The fraction of sp³-hybridized carbons (Fsp3) is 0.310. The fourth-order valence-corrected chi connectivity index (χ4v) is 5.63. The number of furan rings is 1. The van der Waals surface area contributed by atoms with Crippen LogP contribution in [-0.4, -0.2) is 46.2 Å². The normalized spacial score (nSPS) is 14.4. The number of hydrogen-bond donors (Lipinski definition) is 0. The van der Waals surface area contributed by atoms with Crippen LogP contribution in [0.2, 0.25) is 0 Å². The van der Waals surface area contributed by atoms with E-state index in [0.717, 1.165) is 69.7 Å². The summed E-state index contributed by atoms with van der Waals surface area (Å²) in [5.41, 5.74) is 5.12. The van der Waals surface area contributed by atoms with E-state index in [1.807, 2.05) is 37.4 Å². The Balaban J connectivity index is 1.24. The monoisotopic (exact) mass is 514 g/mol. The third-order valence-electron chi connectivity index (χ3n) is 6.76. The Morgan fingerprint density at radius 1 is 1.14 bits per heavy atom. The van der Waals surface area contributed by atoms with E-state index < -0.39 is 0 Å². The number of hydrogen-bond acceptors (Lipinski definition) is 7. The van der Waals surface area contributed by atoms with Gasteiger partial charge in [0.25, 0.3) is 0 Å². The second-order valence-corrected chi connectivity index (χ2v) is 10.5. The molecule has 6 rings (SSSR count). The molecule has 3 aromatic heterocycles. The first-order valence-electron chi connectivity index (χ1n) is 12.7. The Morgan fingerprint density at radius 2 is 2.05 bits per heavy atom. The molecule has 37 heavy (non-hydrogen) atoms. The molecule has 1 aliphatic rings. The molecule has 5 aromatic rings. The summed E-state index contributed by atoms with van der Waals surface area (Å²) in [6.45, 7) is 7.90. The fourth-order valence-electron chi connectivity index (χ4n) is 4.90. The highest BCUT2D eigenvalue weighted by Crippen LogP contribution is 2.34. The largest absolute Gasteiger partial charge is 0.497 e.